The third-order valence-electron chi connectivity index (χ3n) is 3.82. The summed E-state index contributed by atoms with van der Waals surface area (Å²) >= 11 is 1.92. The molecule has 94 valence electrons. The first-order valence-corrected chi connectivity index (χ1v) is 7.22. The Labute approximate surface area is 103 Å². The molecule has 0 aromatic heterocycles. The van der Waals surface area contributed by atoms with E-state index in [0.717, 1.165) is 32.4 Å². The zero-order valence-electron chi connectivity index (χ0n) is 10.8. The van der Waals surface area contributed by atoms with Crippen LogP contribution in [0.4, 0.5) is 0 Å². The Balaban J connectivity index is 2.56. The molecular formula is C12H23NO2S. The molecule has 3 nitrogen and oxygen atoms in total. The van der Waals surface area contributed by atoms with Crippen molar-refractivity contribution in [2.24, 2.45) is 0 Å². The number of hydrogen-bond acceptors (Lipinski definition) is 4. The zero-order valence-corrected chi connectivity index (χ0v) is 11.6. The summed E-state index contributed by atoms with van der Waals surface area (Å²) in [5.41, 5.74) is 0. The quantitative estimate of drug-likeness (QED) is 0.671. The van der Waals surface area contributed by atoms with Crippen LogP contribution >= 0.6 is 11.8 Å². The predicted molar refractivity (Wildman–Crippen MR) is 68.8 cm³/mol. The molecule has 0 aromatic rings. The Morgan fingerprint density at radius 1 is 1.50 bits per heavy atom. The van der Waals surface area contributed by atoms with Crippen LogP contribution in [0.15, 0.2) is 0 Å². The average Bonchev–Trinajstić information content (AvgIpc) is 2.30. The topological polar surface area (TPSA) is 29.5 Å². The first-order valence-electron chi connectivity index (χ1n) is 5.99. The minimum absolute atomic E-state index is 0.00891. The standard InChI is InChI=1S/C12H23NO2S/c1-5-12(6-2,16-4)9-13-8-7-10(13)11(14)15-3/h10H,5-9H2,1-4H3. The van der Waals surface area contributed by atoms with Crippen LogP contribution in [-0.4, -0.2) is 48.1 Å². The van der Waals surface area contributed by atoms with Crippen LogP contribution in [0.5, 0.6) is 0 Å². The molecule has 1 aliphatic heterocycles. The van der Waals surface area contributed by atoms with Crippen molar-refractivity contribution in [1.82, 2.24) is 4.90 Å². The number of ether oxygens (including phenoxy) is 1. The van der Waals surface area contributed by atoms with Crippen molar-refractivity contribution in [2.45, 2.75) is 43.9 Å². The van der Waals surface area contributed by atoms with E-state index in [9.17, 15) is 4.79 Å². The summed E-state index contributed by atoms with van der Waals surface area (Å²) < 4.78 is 5.11. The Morgan fingerprint density at radius 2 is 2.12 bits per heavy atom. The zero-order chi connectivity index (χ0) is 12.2. The van der Waals surface area contributed by atoms with Gasteiger partial charge in [-0.2, -0.15) is 11.8 Å². The van der Waals surface area contributed by atoms with E-state index < -0.39 is 0 Å². The fourth-order valence-corrected chi connectivity index (χ4v) is 3.10. The fourth-order valence-electron chi connectivity index (χ4n) is 2.23. The first-order chi connectivity index (χ1) is 7.62. The monoisotopic (exact) mass is 245 g/mol. The molecular weight excluding hydrogens is 222 g/mol. The molecule has 0 aromatic carbocycles. The lowest BCUT2D eigenvalue weighted by Gasteiger charge is -2.44. The van der Waals surface area contributed by atoms with Crippen LogP contribution in [0.1, 0.15) is 33.1 Å². The number of carbonyl (C=O) groups is 1. The van der Waals surface area contributed by atoms with Crippen LogP contribution in [0.2, 0.25) is 0 Å². The van der Waals surface area contributed by atoms with Crippen molar-refractivity contribution in [2.75, 3.05) is 26.5 Å². The minimum Gasteiger partial charge on any atom is -0.468 e. The maximum Gasteiger partial charge on any atom is 0.323 e. The Hall–Kier alpha value is -0.220. The second kappa shape index (κ2) is 5.92. The van der Waals surface area contributed by atoms with Gasteiger partial charge in [-0.15, -0.1) is 0 Å². The van der Waals surface area contributed by atoms with Crippen molar-refractivity contribution in [3.63, 3.8) is 0 Å². The molecule has 1 rings (SSSR count). The van der Waals surface area contributed by atoms with E-state index in [0.29, 0.717) is 4.75 Å². The molecule has 1 aliphatic rings. The number of thioether (sulfide) groups is 1. The second-order valence-corrected chi connectivity index (χ2v) is 5.67. The van der Waals surface area contributed by atoms with Gasteiger partial charge in [-0.25, -0.2) is 0 Å². The van der Waals surface area contributed by atoms with E-state index in [4.69, 9.17) is 4.74 Å². The Kier molecular flexibility index (Phi) is 5.12. The molecule has 0 saturated carbocycles. The van der Waals surface area contributed by atoms with E-state index >= 15 is 0 Å². The second-order valence-electron chi connectivity index (χ2n) is 4.39. The van der Waals surface area contributed by atoms with Gasteiger partial charge in [0.05, 0.1) is 7.11 Å². The summed E-state index contributed by atoms with van der Waals surface area (Å²) in [5, 5.41) is 0. The molecule has 0 N–H and O–H groups in total. The number of rotatable bonds is 6. The molecule has 0 aliphatic carbocycles. The van der Waals surface area contributed by atoms with Gasteiger partial charge in [-0.05, 0) is 25.5 Å². The minimum atomic E-state index is -0.0755. The van der Waals surface area contributed by atoms with Gasteiger partial charge in [0, 0.05) is 17.8 Å². The van der Waals surface area contributed by atoms with Gasteiger partial charge in [-0.3, -0.25) is 9.69 Å². The molecule has 4 heteroatoms. The smallest absolute Gasteiger partial charge is 0.323 e. The average molecular weight is 245 g/mol. The van der Waals surface area contributed by atoms with Gasteiger partial charge < -0.3 is 4.74 Å². The van der Waals surface area contributed by atoms with E-state index in [-0.39, 0.29) is 12.0 Å². The lowest BCUT2D eigenvalue weighted by molar-refractivity contribution is -0.152. The summed E-state index contributed by atoms with van der Waals surface area (Å²) in [4.78, 5) is 13.7. The molecule has 1 fully saturated rings. The van der Waals surface area contributed by atoms with Crippen LogP contribution in [0, 0.1) is 0 Å². The molecule has 0 spiro atoms. The number of likely N-dealkylation sites (tertiary alicyclic amines) is 1. The highest BCUT2D eigenvalue weighted by Gasteiger charge is 2.39. The van der Waals surface area contributed by atoms with Crippen molar-refractivity contribution in [3.8, 4) is 0 Å². The van der Waals surface area contributed by atoms with Gasteiger partial charge in [0.15, 0.2) is 0 Å². The van der Waals surface area contributed by atoms with Gasteiger partial charge in [0.25, 0.3) is 0 Å². The largest absolute Gasteiger partial charge is 0.468 e. The van der Waals surface area contributed by atoms with E-state index in [1.165, 1.54) is 7.11 Å². The van der Waals surface area contributed by atoms with Crippen molar-refractivity contribution >= 4 is 17.7 Å². The highest BCUT2D eigenvalue weighted by Crippen LogP contribution is 2.34. The number of nitrogens with zero attached hydrogens (tertiary/aromatic N) is 1. The van der Waals surface area contributed by atoms with Gasteiger partial charge in [0.1, 0.15) is 6.04 Å². The SMILES string of the molecule is CCC(CC)(CN1CCC1C(=O)OC)SC. The van der Waals surface area contributed by atoms with E-state index in [1.807, 2.05) is 11.8 Å². The molecule has 1 unspecified atom stereocenters. The molecule has 1 saturated heterocycles. The number of esters is 1. The van der Waals surface area contributed by atoms with Crippen molar-refractivity contribution in [3.05, 3.63) is 0 Å². The van der Waals surface area contributed by atoms with Gasteiger partial charge >= 0.3 is 5.97 Å². The van der Waals surface area contributed by atoms with Crippen molar-refractivity contribution < 1.29 is 9.53 Å². The van der Waals surface area contributed by atoms with Gasteiger partial charge in [-0.1, -0.05) is 13.8 Å². The van der Waals surface area contributed by atoms with Crippen LogP contribution in [0.25, 0.3) is 0 Å². The highest BCUT2D eigenvalue weighted by molar-refractivity contribution is 8.00. The number of hydrogen-bond donors (Lipinski definition) is 0. The lowest BCUT2D eigenvalue weighted by Crippen LogP contribution is -2.57. The number of carbonyl (C=O) groups excluding carboxylic acids is 1. The first kappa shape index (κ1) is 13.8. The predicted octanol–water partition coefficient (Wildman–Crippen LogP) is 2.16. The lowest BCUT2D eigenvalue weighted by atomic mass is 9.96. The van der Waals surface area contributed by atoms with E-state index in [1.54, 1.807) is 0 Å². The molecule has 16 heavy (non-hydrogen) atoms. The molecule has 0 bridgehead atoms. The number of methoxy groups -OCH3 is 1. The maximum atomic E-state index is 11.5. The molecule has 1 atom stereocenters. The Bertz CT molecular complexity index is 233. The van der Waals surface area contributed by atoms with Crippen LogP contribution < -0.4 is 0 Å². The van der Waals surface area contributed by atoms with Crippen LogP contribution in [-0.2, 0) is 9.53 Å². The third-order valence-corrected chi connectivity index (χ3v) is 5.39. The fraction of sp³-hybridized carbons (Fsp3) is 0.917. The summed E-state index contributed by atoms with van der Waals surface area (Å²) in [6, 6.07) is 0.00891. The van der Waals surface area contributed by atoms with Crippen molar-refractivity contribution in [1.29, 1.82) is 0 Å². The highest BCUT2D eigenvalue weighted by atomic mass is 32.2. The summed E-state index contributed by atoms with van der Waals surface area (Å²) in [6.45, 7) is 6.49. The maximum absolute atomic E-state index is 11.5. The molecule has 1 heterocycles. The molecule has 0 radical (unpaired) electrons. The van der Waals surface area contributed by atoms with Gasteiger partial charge in [0.2, 0.25) is 0 Å². The van der Waals surface area contributed by atoms with E-state index in [2.05, 4.69) is 25.0 Å². The third kappa shape index (κ3) is 2.72. The summed E-state index contributed by atoms with van der Waals surface area (Å²) in [5.74, 6) is -0.0755. The van der Waals surface area contributed by atoms with Crippen LogP contribution in [0.3, 0.4) is 0 Å². The normalized spacial score (nSPS) is 21.6. The Morgan fingerprint density at radius 3 is 2.44 bits per heavy atom. The summed E-state index contributed by atoms with van der Waals surface area (Å²) in [7, 11) is 1.47. The summed E-state index contributed by atoms with van der Waals surface area (Å²) in [6.07, 6.45) is 5.41. The molecule has 0 amide bonds.